The third kappa shape index (κ3) is 3.69. The van der Waals surface area contributed by atoms with Crippen molar-refractivity contribution < 1.29 is 33.3 Å². The van der Waals surface area contributed by atoms with Crippen LogP contribution < -0.4 is 14.2 Å². The Morgan fingerprint density at radius 2 is 1.82 bits per heavy atom. The molecule has 0 radical (unpaired) electrons. The van der Waals surface area contributed by atoms with Crippen LogP contribution in [-0.2, 0) is 16.1 Å². The summed E-state index contributed by atoms with van der Waals surface area (Å²) in [7, 11) is 1.57. The number of ether oxygens (including phenoxy) is 3. The second-order valence-corrected chi connectivity index (χ2v) is 7.65. The Balaban J connectivity index is 1.57. The highest BCUT2D eigenvalue weighted by molar-refractivity contribution is 6.46. The number of ketones is 1. The molecule has 0 saturated carbocycles. The molecule has 1 aromatic heterocycles. The van der Waals surface area contributed by atoms with E-state index in [1.807, 2.05) is 12.1 Å². The van der Waals surface area contributed by atoms with Crippen molar-refractivity contribution in [3.63, 3.8) is 0 Å². The van der Waals surface area contributed by atoms with Gasteiger partial charge in [-0.15, -0.1) is 0 Å². The first-order valence-corrected chi connectivity index (χ1v) is 10.4. The van der Waals surface area contributed by atoms with Crippen LogP contribution in [0.4, 0.5) is 0 Å². The van der Waals surface area contributed by atoms with Gasteiger partial charge in [0.1, 0.15) is 36.5 Å². The summed E-state index contributed by atoms with van der Waals surface area (Å²) in [4.78, 5) is 27.5. The fraction of sp³-hybridized carbons (Fsp3) is 0.200. The van der Waals surface area contributed by atoms with Gasteiger partial charge in [0.05, 0.1) is 18.9 Å². The molecule has 0 aliphatic carbocycles. The molecule has 0 bridgehead atoms. The first-order chi connectivity index (χ1) is 16.1. The molecule has 1 fully saturated rings. The first kappa shape index (κ1) is 20.7. The summed E-state index contributed by atoms with van der Waals surface area (Å²) in [6.45, 7) is 0.973. The minimum absolute atomic E-state index is 0.0415. The van der Waals surface area contributed by atoms with Crippen molar-refractivity contribution >= 4 is 17.4 Å². The maximum absolute atomic E-state index is 13.1. The number of furan rings is 1. The van der Waals surface area contributed by atoms with Gasteiger partial charge in [-0.05, 0) is 48.0 Å². The topological polar surface area (TPSA) is 98.4 Å². The number of benzene rings is 2. The molecule has 8 nitrogen and oxygen atoms in total. The van der Waals surface area contributed by atoms with Crippen molar-refractivity contribution in [2.24, 2.45) is 0 Å². The molecule has 1 N–H and O–H groups in total. The van der Waals surface area contributed by atoms with E-state index in [2.05, 4.69) is 0 Å². The van der Waals surface area contributed by atoms with E-state index in [0.717, 1.165) is 5.56 Å². The molecule has 1 unspecified atom stereocenters. The molecular formula is C25H21NO7. The summed E-state index contributed by atoms with van der Waals surface area (Å²) in [5.41, 5.74) is 1.10. The molecule has 1 atom stereocenters. The number of Topliss-reactive ketones (excluding diaryl/α,β-unsaturated/α-hetero) is 1. The van der Waals surface area contributed by atoms with Crippen molar-refractivity contribution in [2.45, 2.75) is 12.6 Å². The minimum Gasteiger partial charge on any atom is -0.507 e. The van der Waals surface area contributed by atoms with Gasteiger partial charge in [0, 0.05) is 12.1 Å². The number of aliphatic hydroxyl groups is 1. The highest BCUT2D eigenvalue weighted by Crippen LogP contribution is 2.42. The zero-order chi connectivity index (χ0) is 22.9. The first-order valence-electron chi connectivity index (χ1n) is 10.4. The molecule has 33 heavy (non-hydrogen) atoms. The van der Waals surface area contributed by atoms with Gasteiger partial charge >= 0.3 is 0 Å². The Bertz CT molecular complexity index is 1230. The highest BCUT2D eigenvalue weighted by Gasteiger charge is 2.47. The summed E-state index contributed by atoms with van der Waals surface area (Å²) in [6.07, 6.45) is 1.47. The van der Waals surface area contributed by atoms with Crippen LogP contribution in [0.3, 0.4) is 0 Å². The number of carbonyl (C=O) groups is 2. The molecule has 0 spiro atoms. The predicted octanol–water partition coefficient (Wildman–Crippen LogP) is 3.68. The Morgan fingerprint density at radius 1 is 1.06 bits per heavy atom. The lowest BCUT2D eigenvalue weighted by molar-refractivity contribution is -0.140. The standard InChI is InChI=1S/C25H21NO7/c1-30-17-7-4-15(5-8-17)14-26-22(19-3-2-10-31-19)21(24(28)25(26)29)23(27)16-6-9-18-20(13-16)33-12-11-32-18/h2-10,13,22,27H,11-12,14H2,1H3/b23-21-. The molecular weight excluding hydrogens is 426 g/mol. The summed E-state index contributed by atoms with van der Waals surface area (Å²) >= 11 is 0. The lowest BCUT2D eigenvalue weighted by atomic mass is 9.99. The number of hydrogen-bond donors (Lipinski definition) is 1. The average molecular weight is 447 g/mol. The quantitative estimate of drug-likeness (QED) is 0.362. The lowest BCUT2D eigenvalue weighted by Crippen LogP contribution is -2.29. The van der Waals surface area contributed by atoms with E-state index in [0.29, 0.717) is 41.8 Å². The maximum Gasteiger partial charge on any atom is 0.296 e. The Kier molecular flexibility index (Phi) is 5.26. The van der Waals surface area contributed by atoms with E-state index >= 15 is 0 Å². The number of carbonyl (C=O) groups excluding carboxylic acids is 2. The SMILES string of the molecule is COc1ccc(CN2C(=O)C(=O)/C(=C(\O)c3ccc4c(c3)OCCO4)C2c2ccco2)cc1. The number of rotatable bonds is 5. The van der Waals surface area contributed by atoms with E-state index in [4.69, 9.17) is 18.6 Å². The van der Waals surface area contributed by atoms with Crippen LogP contribution in [-0.4, -0.2) is 42.0 Å². The normalized spacial score (nSPS) is 19.1. The summed E-state index contributed by atoms with van der Waals surface area (Å²) in [6, 6.07) is 14.6. The molecule has 3 aromatic rings. The second kappa shape index (κ2) is 8.38. The number of methoxy groups -OCH3 is 1. The zero-order valence-electron chi connectivity index (χ0n) is 17.8. The third-order valence-corrected chi connectivity index (χ3v) is 5.68. The smallest absolute Gasteiger partial charge is 0.296 e. The van der Waals surface area contributed by atoms with Gasteiger partial charge in [-0.1, -0.05) is 12.1 Å². The molecule has 1 amide bonds. The number of hydrogen-bond acceptors (Lipinski definition) is 7. The van der Waals surface area contributed by atoms with Crippen molar-refractivity contribution in [1.82, 2.24) is 4.90 Å². The van der Waals surface area contributed by atoms with Crippen LogP contribution in [0, 0.1) is 0 Å². The second-order valence-electron chi connectivity index (χ2n) is 7.65. The monoisotopic (exact) mass is 447 g/mol. The molecule has 1 saturated heterocycles. The number of aliphatic hydroxyl groups excluding tert-OH is 1. The van der Waals surface area contributed by atoms with Crippen molar-refractivity contribution in [3.8, 4) is 17.2 Å². The molecule has 2 aliphatic rings. The van der Waals surface area contributed by atoms with E-state index in [-0.39, 0.29) is 17.9 Å². The van der Waals surface area contributed by atoms with E-state index in [1.165, 1.54) is 11.2 Å². The molecule has 2 aliphatic heterocycles. The minimum atomic E-state index is -0.879. The molecule has 2 aromatic carbocycles. The fourth-order valence-electron chi connectivity index (χ4n) is 4.06. The van der Waals surface area contributed by atoms with Crippen LogP contribution in [0.25, 0.3) is 5.76 Å². The number of fused-ring (bicyclic) bond motifs is 1. The van der Waals surface area contributed by atoms with Crippen LogP contribution in [0.2, 0.25) is 0 Å². The van der Waals surface area contributed by atoms with Gasteiger partial charge in [-0.25, -0.2) is 0 Å². The van der Waals surface area contributed by atoms with E-state index < -0.39 is 17.7 Å². The van der Waals surface area contributed by atoms with Gasteiger partial charge in [-0.3, -0.25) is 9.59 Å². The van der Waals surface area contributed by atoms with E-state index in [9.17, 15) is 14.7 Å². The summed E-state index contributed by atoms with van der Waals surface area (Å²) in [5, 5.41) is 11.2. The van der Waals surface area contributed by atoms with Crippen LogP contribution in [0.15, 0.2) is 70.9 Å². The third-order valence-electron chi connectivity index (χ3n) is 5.68. The maximum atomic E-state index is 13.1. The summed E-state index contributed by atoms with van der Waals surface area (Å²) < 4.78 is 21.9. The molecule has 5 rings (SSSR count). The number of nitrogens with zero attached hydrogens (tertiary/aromatic N) is 1. The van der Waals surface area contributed by atoms with Gasteiger partial charge < -0.3 is 28.6 Å². The highest BCUT2D eigenvalue weighted by atomic mass is 16.6. The molecule has 8 heteroatoms. The molecule has 3 heterocycles. The Hall–Kier alpha value is -4.20. The van der Waals surface area contributed by atoms with Crippen LogP contribution >= 0.6 is 0 Å². The Labute approximate surface area is 189 Å². The van der Waals surface area contributed by atoms with Crippen LogP contribution in [0.5, 0.6) is 17.2 Å². The number of amides is 1. The summed E-state index contributed by atoms with van der Waals surface area (Å²) in [5.74, 6) is 0.282. The predicted molar refractivity (Wildman–Crippen MR) is 117 cm³/mol. The molecule has 168 valence electrons. The lowest BCUT2D eigenvalue weighted by Gasteiger charge is -2.23. The van der Waals surface area contributed by atoms with Crippen molar-refractivity contribution in [3.05, 3.63) is 83.3 Å². The van der Waals surface area contributed by atoms with Gasteiger partial charge in [-0.2, -0.15) is 0 Å². The van der Waals surface area contributed by atoms with Gasteiger partial charge in [0.25, 0.3) is 11.7 Å². The van der Waals surface area contributed by atoms with Crippen LogP contribution in [0.1, 0.15) is 22.9 Å². The van der Waals surface area contributed by atoms with Gasteiger partial charge in [0.15, 0.2) is 11.5 Å². The largest absolute Gasteiger partial charge is 0.507 e. The average Bonchev–Trinajstić information content (AvgIpc) is 3.46. The number of likely N-dealkylation sites (tertiary alicyclic amines) is 1. The van der Waals surface area contributed by atoms with Gasteiger partial charge in [0.2, 0.25) is 0 Å². The van der Waals surface area contributed by atoms with E-state index in [1.54, 1.807) is 49.6 Å². The fourth-order valence-corrected chi connectivity index (χ4v) is 4.06. The Morgan fingerprint density at radius 3 is 2.52 bits per heavy atom. The van der Waals surface area contributed by atoms with Crippen molar-refractivity contribution in [1.29, 1.82) is 0 Å². The zero-order valence-corrected chi connectivity index (χ0v) is 17.8. The van der Waals surface area contributed by atoms with Crippen molar-refractivity contribution in [2.75, 3.05) is 20.3 Å².